The maximum atomic E-state index is 13.2. The van der Waals surface area contributed by atoms with E-state index in [-0.39, 0.29) is 16.8 Å². The summed E-state index contributed by atoms with van der Waals surface area (Å²) in [5.41, 5.74) is 0.208. The number of rotatable bonds is 2. The zero-order chi connectivity index (χ0) is 12.4. The quantitative estimate of drug-likeness (QED) is 0.870. The summed E-state index contributed by atoms with van der Waals surface area (Å²) >= 11 is 0. The molecule has 1 heterocycles. The van der Waals surface area contributed by atoms with Gasteiger partial charge in [0.05, 0.1) is 11.3 Å². The monoisotopic (exact) mass is 235 g/mol. The maximum Gasteiger partial charge on any atom is 0.335 e. The number of pyridine rings is 1. The van der Waals surface area contributed by atoms with Crippen molar-refractivity contribution in [2.24, 2.45) is 0 Å². The largest absolute Gasteiger partial charge is 0.478 e. The Morgan fingerprint density at radius 3 is 2.53 bits per heavy atom. The van der Waals surface area contributed by atoms with Crippen molar-refractivity contribution >= 4 is 5.97 Å². The van der Waals surface area contributed by atoms with Crippen LogP contribution in [0.2, 0.25) is 0 Å². The number of halogens is 2. The Morgan fingerprint density at radius 2 is 1.88 bits per heavy atom. The van der Waals surface area contributed by atoms with E-state index in [1.54, 1.807) is 0 Å². The summed E-state index contributed by atoms with van der Waals surface area (Å²) in [5, 5.41) is 8.77. The van der Waals surface area contributed by atoms with Crippen LogP contribution in [0.4, 0.5) is 8.78 Å². The van der Waals surface area contributed by atoms with Crippen molar-refractivity contribution in [2.45, 2.75) is 0 Å². The number of hydrogen-bond donors (Lipinski definition) is 1. The van der Waals surface area contributed by atoms with Gasteiger partial charge >= 0.3 is 5.97 Å². The van der Waals surface area contributed by atoms with Gasteiger partial charge in [0.1, 0.15) is 11.6 Å². The molecule has 3 nitrogen and oxygen atoms in total. The minimum absolute atomic E-state index is 0.187. The fraction of sp³-hybridized carbons (Fsp3) is 0. The Bertz CT molecular complexity index is 584. The molecule has 17 heavy (non-hydrogen) atoms. The molecule has 0 spiro atoms. The van der Waals surface area contributed by atoms with Crippen LogP contribution in [-0.4, -0.2) is 16.1 Å². The first-order valence-corrected chi connectivity index (χ1v) is 4.72. The Kier molecular flexibility index (Phi) is 2.82. The van der Waals surface area contributed by atoms with E-state index in [4.69, 9.17) is 5.11 Å². The lowest BCUT2D eigenvalue weighted by Gasteiger charge is -2.03. The topological polar surface area (TPSA) is 50.2 Å². The van der Waals surface area contributed by atoms with Crippen LogP contribution in [0.15, 0.2) is 36.5 Å². The van der Waals surface area contributed by atoms with Crippen LogP contribution in [-0.2, 0) is 0 Å². The number of aromatic carboxylic acids is 1. The smallest absolute Gasteiger partial charge is 0.335 e. The normalized spacial score (nSPS) is 10.2. The standard InChI is InChI=1S/C12H7F2NO2/c13-9-1-2-15-11(6-9)7-3-8(12(16)17)5-10(14)4-7/h1-6H,(H,16,17). The molecule has 0 aliphatic heterocycles. The Hall–Kier alpha value is -2.30. The van der Waals surface area contributed by atoms with E-state index in [2.05, 4.69) is 4.98 Å². The summed E-state index contributed by atoms with van der Waals surface area (Å²) in [7, 11) is 0. The first kappa shape index (κ1) is 11.2. The summed E-state index contributed by atoms with van der Waals surface area (Å²) in [6, 6.07) is 5.51. The minimum atomic E-state index is -1.25. The van der Waals surface area contributed by atoms with E-state index in [0.717, 1.165) is 24.3 Å². The van der Waals surface area contributed by atoms with Gasteiger partial charge in [-0.15, -0.1) is 0 Å². The maximum absolute atomic E-state index is 13.2. The number of hydrogen-bond acceptors (Lipinski definition) is 2. The highest BCUT2D eigenvalue weighted by atomic mass is 19.1. The van der Waals surface area contributed by atoms with Crippen LogP contribution in [0.3, 0.4) is 0 Å². The molecule has 0 saturated carbocycles. The van der Waals surface area contributed by atoms with Crippen LogP contribution < -0.4 is 0 Å². The SMILES string of the molecule is O=C(O)c1cc(F)cc(-c2cc(F)ccn2)c1. The van der Waals surface area contributed by atoms with E-state index >= 15 is 0 Å². The predicted octanol–water partition coefficient (Wildman–Crippen LogP) is 2.73. The second kappa shape index (κ2) is 4.29. The highest BCUT2D eigenvalue weighted by molar-refractivity contribution is 5.89. The summed E-state index contributed by atoms with van der Waals surface area (Å²) in [5.74, 6) is -2.47. The molecule has 5 heteroatoms. The van der Waals surface area contributed by atoms with Gasteiger partial charge in [-0.2, -0.15) is 0 Å². The average Bonchev–Trinajstić information content (AvgIpc) is 2.28. The number of nitrogens with zero attached hydrogens (tertiary/aromatic N) is 1. The lowest BCUT2D eigenvalue weighted by Crippen LogP contribution is -1.98. The second-order valence-corrected chi connectivity index (χ2v) is 3.39. The van der Waals surface area contributed by atoms with Gasteiger partial charge in [0, 0.05) is 17.8 Å². The Morgan fingerprint density at radius 1 is 1.12 bits per heavy atom. The number of carbonyl (C=O) groups is 1. The zero-order valence-electron chi connectivity index (χ0n) is 8.52. The molecule has 2 rings (SSSR count). The van der Waals surface area contributed by atoms with Crippen molar-refractivity contribution in [3.05, 3.63) is 53.7 Å². The molecule has 1 aromatic carbocycles. The Balaban J connectivity index is 2.56. The van der Waals surface area contributed by atoms with E-state index in [1.165, 1.54) is 12.3 Å². The molecule has 86 valence electrons. The molecule has 0 radical (unpaired) electrons. The minimum Gasteiger partial charge on any atom is -0.478 e. The van der Waals surface area contributed by atoms with E-state index in [1.807, 2.05) is 0 Å². The van der Waals surface area contributed by atoms with Crippen LogP contribution >= 0.6 is 0 Å². The van der Waals surface area contributed by atoms with Gasteiger partial charge in [0.15, 0.2) is 0 Å². The third-order valence-corrected chi connectivity index (χ3v) is 2.16. The van der Waals surface area contributed by atoms with Crippen molar-refractivity contribution in [3.8, 4) is 11.3 Å². The predicted molar refractivity (Wildman–Crippen MR) is 56.5 cm³/mol. The summed E-state index contributed by atoms with van der Waals surface area (Å²) in [6.07, 6.45) is 1.23. The van der Waals surface area contributed by atoms with Crippen molar-refractivity contribution < 1.29 is 18.7 Å². The lowest BCUT2D eigenvalue weighted by molar-refractivity contribution is 0.0696. The van der Waals surface area contributed by atoms with Gasteiger partial charge < -0.3 is 5.11 Å². The number of carboxylic acids is 1. The molecule has 0 aliphatic rings. The zero-order valence-corrected chi connectivity index (χ0v) is 8.52. The van der Waals surface area contributed by atoms with Crippen LogP contribution in [0.5, 0.6) is 0 Å². The van der Waals surface area contributed by atoms with Crippen molar-refractivity contribution in [1.29, 1.82) is 0 Å². The molecule has 1 aromatic heterocycles. The highest BCUT2D eigenvalue weighted by Crippen LogP contribution is 2.20. The molecule has 0 amide bonds. The molecule has 0 atom stereocenters. The summed E-state index contributed by atoms with van der Waals surface area (Å²) < 4.78 is 26.2. The van der Waals surface area contributed by atoms with Crippen molar-refractivity contribution in [2.75, 3.05) is 0 Å². The third-order valence-electron chi connectivity index (χ3n) is 2.16. The first-order chi connectivity index (χ1) is 8.06. The second-order valence-electron chi connectivity index (χ2n) is 3.39. The van der Waals surface area contributed by atoms with Gasteiger partial charge in [-0.05, 0) is 24.3 Å². The van der Waals surface area contributed by atoms with Crippen LogP contribution in [0.1, 0.15) is 10.4 Å². The molecule has 0 aliphatic carbocycles. The molecule has 0 fully saturated rings. The molecule has 0 unspecified atom stereocenters. The van der Waals surface area contributed by atoms with Gasteiger partial charge in [0.2, 0.25) is 0 Å². The summed E-state index contributed by atoms with van der Waals surface area (Å²) in [6.45, 7) is 0. The van der Waals surface area contributed by atoms with Gasteiger partial charge in [-0.1, -0.05) is 0 Å². The first-order valence-electron chi connectivity index (χ1n) is 4.72. The van der Waals surface area contributed by atoms with E-state index in [9.17, 15) is 13.6 Å². The molecule has 0 bridgehead atoms. The number of benzene rings is 1. The van der Waals surface area contributed by atoms with Crippen LogP contribution in [0.25, 0.3) is 11.3 Å². The fourth-order valence-electron chi connectivity index (χ4n) is 1.42. The van der Waals surface area contributed by atoms with Gasteiger partial charge in [0.25, 0.3) is 0 Å². The van der Waals surface area contributed by atoms with Gasteiger partial charge in [-0.3, -0.25) is 4.98 Å². The van der Waals surface area contributed by atoms with Crippen molar-refractivity contribution in [1.82, 2.24) is 4.98 Å². The molecular formula is C12H7F2NO2. The van der Waals surface area contributed by atoms with Crippen molar-refractivity contribution in [3.63, 3.8) is 0 Å². The summed E-state index contributed by atoms with van der Waals surface area (Å²) in [4.78, 5) is 14.6. The third kappa shape index (κ3) is 2.44. The van der Waals surface area contributed by atoms with Gasteiger partial charge in [-0.25, -0.2) is 13.6 Å². The molecule has 1 N–H and O–H groups in total. The molecule has 0 saturated heterocycles. The Labute approximate surface area is 95.4 Å². The fourth-order valence-corrected chi connectivity index (χ4v) is 1.42. The number of carboxylic acid groups (broad SMARTS) is 1. The lowest BCUT2D eigenvalue weighted by atomic mass is 10.1. The van der Waals surface area contributed by atoms with Crippen LogP contribution in [0, 0.1) is 11.6 Å². The average molecular weight is 235 g/mol. The van der Waals surface area contributed by atoms with E-state index < -0.39 is 17.6 Å². The van der Waals surface area contributed by atoms with E-state index in [0.29, 0.717) is 0 Å². The molecule has 2 aromatic rings. The highest BCUT2D eigenvalue weighted by Gasteiger charge is 2.09. The number of aromatic nitrogens is 1. The molecular weight excluding hydrogens is 228 g/mol.